The lowest BCUT2D eigenvalue weighted by atomic mass is 10.2. The van der Waals surface area contributed by atoms with E-state index in [1.54, 1.807) is 0 Å². The van der Waals surface area contributed by atoms with Gasteiger partial charge in [-0.25, -0.2) is 13.8 Å². The fourth-order valence-corrected chi connectivity index (χ4v) is 1.32. The second-order valence-corrected chi connectivity index (χ2v) is 3.38. The third kappa shape index (κ3) is 2.66. The van der Waals surface area contributed by atoms with Crippen molar-refractivity contribution in [2.75, 3.05) is 0 Å². The zero-order valence-corrected chi connectivity index (χ0v) is 8.71. The van der Waals surface area contributed by atoms with Crippen molar-refractivity contribution < 1.29 is 13.6 Å². The molecule has 0 saturated heterocycles. The van der Waals surface area contributed by atoms with Gasteiger partial charge in [0.05, 0.1) is 24.1 Å². The molecule has 1 aromatic heterocycles. The molecule has 88 valence electrons. The van der Waals surface area contributed by atoms with Crippen LogP contribution in [-0.2, 0) is 6.54 Å². The molecule has 1 amide bonds. The number of rotatable bonds is 3. The molecule has 0 saturated carbocycles. The Hall–Kier alpha value is -2.24. The Morgan fingerprint density at radius 1 is 1.41 bits per heavy atom. The van der Waals surface area contributed by atoms with Crippen LogP contribution in [0, 0.1) is 11.6 Å². The molecular formula is C11H9F2N3O. The van der Waals surface area contributed by atoms with Gasteiger partial charge in [0.15, 0.2) is 0 Å². The van der Waals surface area contributed by atoms with Gasteiger partial charge in [-0.1, -0.05) is 0 Å². The highest BCUT2D eigenvalue weighted by molar-refractivity contribution is 5.94. The molecule has 0 atom stereocenters. The molecule has 17 heavy (non-hydrogen) atoms. The molecule has 0 radical (unpaired) electrons. The Morgan fingerprint density at radius 3 is 2.94 bits per heavy atom. The number of amides is 1. The van der Waals surface area contributed by atoms with E-state index in [0.717, 1.165) is 18.2 Å². The molecule has 0 aliphatic carbocycles. The summed E-state index contributed by atoms with van der Waals surface area (Å²) in [4.78, 5) is 18.1. The van der Waals surface area contributed by atoms with Gasteiger partial charge in [-0.05, 0) is 18.2 Å². The second-order valence-electron chi connectivity index (χ2n) is 3.38. The molecule has 0 aliphatic rings. The van der Waals surface area contributed by atoms with Crippen molar-refractivity contribution in [1.29, 1.82) is 0 Å². The summed E-state index contributed by atoms with van der Waals surface area (Å²) in [6.07, 6.45) is 2.99. The zero-order valence-electron chi connectivity index (χ0n) is 8.71. The first-order valence-electron chi connectivity index (χ1n) is 4.87. The lowest BCUT2D eigenvalue weighted by Crippen LogP contribution is -2.24. The van der Waals surface area contributed by atoms with Crippen molar-refractivity contribution in [3.63, 3.8) is 0 Å². The second kappa shape index (κ2) is 4.73. The smallest absolute Gasteiger partial charge is 0.254 e. The Bertz CT molecular complexity index is 526. The van der Waals surface area contributed by atoms with Crippen LogP contribution in [0.2, 0.25) is 0 Å². The average molecular weight is 237 g/mol. The Balaban J connectivity index is 2.07. The van der Waals surface area contributed by atoms with Gasteiger partial charge in [0.1, 0.15) is 11.6 Å². The van der Waals surface area contributed by atoms with Crippen molar-refractivity contribution in [1.82, 2.24) is 15.3 Å². The maximum Gasteiger partial charge on any atom is 0.254 e. The maximum absolute atomic E-state index is 13.2. The molecule has 0 unspecified atom stereocenters. The lowest BCUT2D eigenvalue weighted by molar-refractivity contribution is 0.0946. The minimum atomic E-state index is -0.756. The van der Waals surface area contributed by atoms with E-state index in [9.17, 15) is 13.6 Å². The van der Waals surface area contributed by atoms with E-state index < -0.39 is 17.5 Å². The summed E-state index contributed by atoms with van der Waals surface area (Å²) in [5.74, 6) is -2.08. The van der Waals surface area contributed by atoms with Crippen molar-refractivity contribution in [3.8, 4) is 0 Å². The van der Waals surface area contributed by atoms with E-state index in [4.69, 9.17) is 0 Å². The van der Waals surface area contributed by atoms with Crippen LogP contribution in [0.15, 0.2) is 30.7 Å². The first kappa shape index (κ1) is 11.3. The summed E-state index contributed by atoms with van der Waals surface area (Å²) in [7, 11) is 0. The van der Waals surface area contributed by atoms with Crippen molar-refractivity contribution in [2.24, 2.45) is 0 Å². The fourth-order valence-electron chi connectivity index (χ4n) is 1.32. The first-order valence-corrected chi connectivity index (χ1v) is 4.87. The Labute approximate surface area is 95.7 Å². The summed E-state index contributed by atoms with van der Waals surface area (Å²) >= 11 is 0. The summed E-state index contributed by atoms with van der Waals surface area (Å²) in [6, 6.07) is 2.74. The molecule has 2 aromatic rings. The van der Waals surface area contributed by atoms with Gasteiger partial charge in [-0.3, -0.25) is 4.79 Å². The average Bonchev–Trinajstić information content (AvgIpc) is 2.82. The number of nitrogens with zero attached hydrogens (tertiary/aromatic N) is 1. The van der Waals surface area contributed by atoms with Gasteiger partial charge in [-0.15, -0.1) is 0 Å². The van der Waals surface area contributed by atoms with Gasteiger partial charge in [0, 0.05) is 6.20 Å². The van der Waals surface area contributed by atoms with E-state index in [0.29, 0.717) is 5.69 Å². The van der Waals surface area contributed by atoms with E-state index >= 15 is 0 Å². The highest BCUT2D eigenvalue weighted by Gasteiger charge is 2.12. The van der Waals surface area contributed by atoms with E-state index in [1.807, 2.05) is 0 Å². The molecule has 2 rings (SSSR count). The zero-order chi connectivity index (χ0) is 12.3. The Morgan fingerprint density at radius 2 is 2.24 bits per heavy atom. The van der Waals surface area contributed by atoms with Crippen LogP contribution in [0.1, 0.15) is 16.1 Å². The summed E-state index contributed by atoms with van der Waals surface area (Å²) in [5, 5.41) is 2.45. The standard InChI is InChI=1S/C11H9F2N3O/c12-7-1-2-10(13)9(3-7)11(17)15-5-8-4-14-6-16-8/h1-4,6H,5H2,(H,14,16)(H,15,17). The topological polar surface area (TPSA) is 57.8 Å². The van der Waals surface area contributed by atoms with Gasteiger partial charge >= 0.3 is 0 Å². The molecule has 0 aliphatic heterocycles. The summed E-state index contributed by atoms with van der Waals surface area (Å²) in [6.45, 7) is 0.175. The highest BCUT2D eigenvalue weighted by atomic mass is 19.1. The fraction of sp³-hybridized carbons (Fsp3) is 0.0909. The molecule has 0 spiro atoms. The number of aromatic nitrogens is 2. The molecule has 2 N–H and O–H groups in total. The molecule has 0 bridgehead atoms. The predicted molar refractivity (Wildman–Crippen MR) is 56.1 cm³/mol. The van der Waals surface area contributed by atoms with Gasteiger partial charge in [-0.2, -0.15) is 0 Å². The predicted octanol–water partition coefficient (Wildman–Crippen LogP) is 1.62. The van der Waals surface area contributed by atoms with Gasteiger partial charge < -0.3 is 10.3 Å². The largest absolute Gasteiger partial charge is 0.347 e. The summed E-state index contributed by atoms with van der Waals surface area (Å²) in [5.41, 5.74) is 0.361. The molecule has 1 heterocycles. The molecular weight excluding hydrogens is 228 g/mol. The number of benzene rings is 1. The quantitative estimate of drug-likeness (QED) is 0.852. The first-order chi connectivity index (χ1) is 8.16. The normalized spacial score (nSPS) is 10.2. The van der Waals surface area contributed by atoms with Crippen LogP contribution in [-0.4, -0.2) is 15.9 Å². The number of nitrogens with one attached hydrogen (secondary N) is 2. The number of hydrogen-bond donors (Lipinski definition) is 2. The number of hydrogen-bond acceptors (Lipinski definition) is 2. The molecule has 0 fully saturated rings. The Kier molecular flexibility index (Phi) is 3.13. The number of imidazole rings is 1. The van der Waals surface area contributed by atoms with Gasteiger partial charge in [0.25, 0.3) is 5.91 Å². The number of carbonyl (C=O) groups excluding carboxylic acids is 1. The van der Waals surface area contributed by atoms with E-state index in [1.165, 1.54) is 12.5 Å². The molecule has 6 heteroatoms. The van der Waals surface area contributed by atoms with Crippen LogP contribution in [0.5, 0.6) is 0 Å². The molecule has 1 aromatic carbocycles. The van der Waals surface area contributed by atoms with Crippen LogP contribution >= 0.6 is 0 Å². The summed E-state index contributed by atoms with van der Waals surface area (Å²) < 4.78 is 26.1. The van der Waals surface area contributed by atoms with Crippen molar-refractivity contribution >= 4 is 5.91 Å². The minimum Gasteiger partial charge on any atom is -0.347 e. The maximum atomic E-state index is 13.2. The van der Waals surface area contributed by atoms with Crippen LogP contribution in [0.4, 0.5) is 8.78 Å². The number of halogens is 2. The number of H-pyrrole nitrogens is 1. The van der Waals surface area contributed by atoms with Gasteiger partial charge in [0.2, 0.25) is 0 Å². The highest BCUT2D eigenvalue weighted by Crippen LogP contribution is 2.09. The number of carbonyl (C=O) groups is 1. The van der Waals surface area contributed by atoms with Crippen molar-refractivity contribution in [2.45, 2.75) is 6.54 Å². The van der Waals surface area contributed by atoms with E-state index in [2.05, 4.69) is 15.3 Å². The monoisotopic (exact) mass is 237 g/mol. The van der Waals surface area contributed by atoms with Crippen LogP contribution in [0.25, 0.3) is 0 Å². The third-order valence-electron chi connectivity index (χ3n) is 2.17. The van der Waals surface area contributed by atoms with E-state index in [-0.39, 0.29) is 12.1 Å². The van der Waals surface area contributed by atoms with Crippen molar-refractivity contribution in [3.05, 3.63) is 53.6 Å². The SMILES string of the molecule is O=C(NCc1cnc[nH]1)c1cc(F)ccc1F. The minimum absolute atomic E-state index is 0.175. The third-order valence-corrected chi connectivity index (χ3v) is 2.17. The molecule has 4 nitrogen and oxygen atoms in total. The van der Waals surface area contributed by atoms with Crippen LogP contribution in [0.3, 0.4) is 0 Å². The van der Waals surface area contributed by atoms with Crippen LogP contribution < -0.4 is 5.32 Å². The lowest BCUT2D eigenvalue weighted by Gasteiger charge is -2.04. The number of aromatic amines is 1.